The number of para-hydroxylation sites is 1. The number of anilines is 1. The van der Waals surface area contributed by atoms with Crippen molar-refractivity contribution in [3.8, 4) is 6.07 Å². The lowest BCUT2D eigenvalue weighted by molar-refractivity contribution is -0.136. The van der Waals surface area contributed by atoms with Crippen LogP contribution in [0.3, 0.4) is 0 Å². The number of nitrogens with zero attached hydrogens (tertiary/aromatic N) is 2. The molecule has 2 N–H and O–H groups in total. The summed E-state index contributed by atoms with van der Waals surface area (Å²) < 4.78 is 0. The van der Waals surface area contributed by atoms with Crippen molar-refractivity contribution in [3.05, 3.63) is 29.8 Å². The number of hydrogen-bond donors (Lipinski definition) is 2. The predicted octanol–water partition coefficient (Wildman–Crippen LogP) is 0.214. The molecule has 8 heteroatoms. The largest absolute Gasteiger partial charge is 0.356 e. The summed E-state index contributed by atoms with van der Waals surface area (Å²) in [5, 5.41) is 15.4. The van der Waals surface area contributed by atoms with Crippen LogP contribution in [0.15, 0.2) is 24.3 Å². The summed E-state index contributed by atoms with van der Waals surface area (Å²) in [6.07, 6.45) is 2.17. The quantitative estimate of drug-likeness (QED) is 0.576. The van der Waals surface area contributed by atoms with Gasteiger partial charge in [-0.25, -0.2) is 0 Å². The maximum atomic E-state index is 12.8. The third-order valence-corrected chi connectivity index (χ3v) is 8.20. The molecule has 0 radical (unpaired) electrons. The fraction of sp³-hybridized carbons (Fsp3) is 0.474. The average Bonchev–Trinajstić information content (AvgIpc) is 3.35. The van der Waals surface area contributed by atoms with E-state index in [4.69, 9.17) is 0 Å². The highest BCUT2D eigenvalue weighted by molar-refractivity contribution is 6.39. The summed E-state index contributed by atoms with van der Waals surface area (Å²) in [4.78, 5) is 39.1. The fourth-order valence-corrected chi connectivity index (χ4v) is 6.62. The number of rotatable bonds is 3. The molecule has 3 heterocycles. The van der Waals surface area contributed by atoms with Crippen LogP contribution in [0.5, 0.6) is 0 Å². The Bertz CT molecular complexity index is 846. The van der Waals surface area contributed by atoms with Crippen LogP contribution >= 0.6 is 0 Å². The normalized spacial score (nSPS) is 29.6. The van der Waals surface area contributed by atoms with Gasteiger partial charge in [-0.15, -0.1) is 0 Å². The summed E-state index contributed by atoms with van der Waals surface area (Å²) in [6, 6.07) is 10.1. The van der Waals surface area contributed by atoms with Gasteiger partial charge in [-0.2, -0.15) is 5.26 Å². The first-order valence-corrected chi connectivity index (χ1v) is 11.2. The molecule has 0 aromatic heterocycles. The minimum Gasteiger partial charge on any atom is -0.356 e. The Kier molecular flexibility index (Phi) is 4.48. The first kappa shape index (κ1) is 17.7. The van der Waals surface area contributed by atoms with Gasteiger partial charge in [0.15, 0.2) is 0 Å². The van der Waals surface area contributed by atoms with E-state index in [1.54, 1.807) is 0 Å². The van der Waals surface area contributed by atoms with Crippen LogP contribution in [0, 0.1) is 11.3 Å². The molecular formula is C19H22N4O3Si. The van der Waals surface area contributed by atoms with E-state index in [0.717, 1.165) is 24.1 Å². The van der Waals surface area contributed by atoms with Crippen LogP contribution in [-0.4, -0.2) is 50.4 Å². The van der Waals surface area contributed by atoms with Gasteiger partial charge in [-0.05, 0) is 18.1 Å². The Hall–Kier alpha value is -2.66. The van der Waals surface area contributed by atoms with Crippen LogP contribution in [0.4, 0.5) is 5.69 Å². The third-order valence-electron chi connectivity index (χ3n) is 5.99. The summed E-state index contributed by atoms with van der Waals surface area (Å²) in [5.41, 5.74) is 0.945. The molecule has 0 saturated carbocycles. The number of benzene rings is 1. The highest BCUT2D eigenvalue weighted by Crippen LogP contribution is 2.46. The van der Waals surface area contributed by atoms with Crippen molar-refractivity contribution in [3.63, 3.8) is 0 Å². The molecule has 0 bridgehead atoms. The van der Waals surface area contributed by atoms with Crippen molar-refractivity contribution < 1.29 is 14.4 Å². The van der Waals surface area contributed by atoms with E-state index >= 15 is 0 Å². The van der Waals surface area contributed by atoms with Gasteiger partial charge in [0.05, 0.1) is 11.5 Å². The lowest BCUT2D eigenvalue weighted by Crippen LogP contribution is -2.43. The molecule has 1 aromatic carbocycles. The SMILES string of the molecule is N#C[C@@H]1C[C@@]2(CN1C(=O)CC(=O)N[C@H]1CCC[SiH2]1)C(=O)Nc1ccccc12. The maximum absolute atomic E-state index is 12.8. The van der Waals surface area contributed by atoms with E-state index in [9.17, 15) is 19.6 Å². The first-order valence-electron chi connectivity index (χ1n) is 9.43. The van der Waals surface area contributed by atoms with E-state index in [1.807, 2.05) is 24.3 Å². The molecule has 3 aliphatic heterocycles. The first-order chi connectivity index (χ1) is 13.0. The van der Waals surface area contributed by atoms with Gasteiger partial charge < -0.3 is 15.5 Å². The Labute approximate surface area is 159 Å². The number of carbonyl (C=O) groups excluding carboxylic acids is 3. The molecule has 0 aliphatic carbocycles. The average molecular weight is 382 g/mol. The van der Waals surface area contributed by atoms with Gasteiger partial charge in [-0.1, -0.05) is 30.7 Å². The minimum absolute atomic E-state index is 0.137. The van der Waals surface area contributed by atoms with Gasteiger partial charge in [0, 0.05) is 33.8 Å². The van der Waals surface area contributed by atoms with Crippen molar-refractivity contribution in [2.75, 3.05) is 11.9 Å². The Morgan fingerprint density at radius 2 is 2.22 bits per heavy atom. The Morgan fingerprint density at radius 1 is 1.41 bits per heavy atom. The summed E-state index contributed by atoms with van der Waals surface area (Å²) in [5.74, 6) is -0.832. The molecule has 140 valence electrons. The van der Waals surface area contributed by atoms with Crippen LogP contribution in [-0.2, 0) is 19.8 Å². The molecule has 1 aromatic rings. The summed E-state index contributed by atoms with van der Waals surface area (Å²) in [6.45, 7) is 0.137. The van der Waals surface area contributed by atoms with Crippen LogP contribution < -0.4 is 10.6 Å². The van der Waals surface area contributed by atoms with E-state index in [1.165, 1.54) is 10.9 Å². The molecule has 2 saturated heterocycles. The highest BCUT2D eigenvalue weighted by atomic mass is 28.2. The van der Waals surface area contributed by atoms with E-state index in [2.05, 4.69) is 16.7 Å². The van der Waals surface area contributed by atoms with Crippen molar-refractivity contribution >= 4 is 32.9 Å². The number of amides is 3. The number of fused-ring (bicyclic) bond motifs is 2. The number of carbonyl (C=O) groups is 3. The monoisotopic (exact) mass is 382 g/mol. The number of hydrogen-bond acceptors (Lipinski definition) is 4. The van der Waals surface area contributed by atoms with Gasteiger partial charge in [0.1, 0.15) is 12.5 Å². The van der Waals surface area contributed by atoms with Crippen molar-refractivity contribution in [1.29, 1.82) is 5.26 Å². The minimum atomic E-state index is -0.901. The second-order valence-electron chi connectivity index (χ2n) is 7.68. The standard InChI is InChI=1S/C19H22N4O3Si/c20-10-12-9-19(13-4-1-2-5-14(13)21-18(19)26)11-23(12)17(25)8-15(24)22-16-6-3-7-27-16/h1-2,4-5,12,16H,3,6-9,11,27H2,(H,21,26)(H,22,24)/t12-,16+,19-/m0/s1. The lowest BCUT2D eigenvalue weighted by Gasteiger charge is -2.23. The highest BCUT2D eigenvalue weighted by Gasteiger charge is 2.55. The summed E-state index contributed by atoms with van der Waals surface area (Å²) in [7, 11) is -0.271. The molecule has 0 unspecified atom stereocenters. The van der Waals surface area contributed by atoms with Crippen LogP contribution in [0.2, 0.25) is 6.04 Å². The van der Waals surface area contributed by atoms with E-state index in [-0.39, 0.29) is 52.3 Å². The maximum Gasteiger partial charge on any atom is 0.237 e. The molecule has 4 rings (SSSR count). The van der Waals surface area contributed by atoms with Gasteiger partial charge in [0.25, 0.3) is 0 Å². The number of likely N-dealkylation sites (tertiary alicyclic amines) is 1. The third kappa shape index (κ3) is 3.02. The van der Waals surface area contributed by atoms with Gasteiger partial charge in [-0.3, -0.25) is 14.4 Å². The van der Waals surface area contributed by atoms with Crippen molar-refractivity contribution in [2.45, 2.75) is 48.8 Å². The zero-order valence-corrected chi connectivity index (χ0v) is 16.4. The molecule has 1 spiro atoms. The molecule has 27 heavy (non-hydrogen) atoms. The van der Waals surface area contributed by atoms with Gasteiger partial charge in [0.2, 0.25) is 17.7 Å². The molecule has 3 amide bonds. The van der Waals surface area contributed by atoms with E-state index < -0.39 is 11.5 Å². The molecule has 3 aliphatic rings. The topological polar surface area (TPSA) is 102 Å². The van der Waals surface area contributed by atoms with Gasteiger partial charge >= 0.3 is 0 Å². The Morgan fingerprint density at radius 3 is 2.96 bits per heavy atom. The van der Waals surface area contributed by atoms with Crippen LogP contribution in [0.25, 0.3) is 0 Å². The Balaban J connectivity index is 1.50. The van der Waals surface area contributed by atoms with Crippen molar-refractivity contribution in [1.82, 2.24) is 10.2 Å². The predicted molar refractivity (Wildman–Crippen MR) is 102 cm³/mol. The van der Waals surface area contributed by atoms with E-state index in [0.29, 0.717) is 0 Å². The molecule has 7 nitrogen and oxygen atoms in total. The number of nitrogens with one attached hydrogen (secondary N) is 2. The molecule has 3 atom stereocenters. The smallest absolute Gasteiger partial charge is 0.237 e. The zero-order valence-electron chi connectivity index (χ0n) is 15.0. The van der Waals surface area contributed by atoms with Crippen molar-refractivity contribution in [2.24, 2.45) is 0 Å². The lowest BCUT2D eigenvalue weighted by atomic mass is 9.80. The number of nitriles is 1. The summed E-state index contributed by atoms with van der Waals surface area (Å²) >= 11 is 0. The zero-order chi connectivity index (χ0) is 19.0. The fourth-order valence-electron chi connectivity index (χ4n) is 4.60. The second-order valence-corrected chi connectivity index (χ2v) is 9.95. The molecule has 2 fully saturated rings. The second kappa shape index (κ2) is 6.81. The molecular weight excluding hydrogens is 360 g/mol. The van der Waals surface area contributed by atoms with Crippen LogP contribution in [0.1, 0.15) is 31.2 Å².